The first kappa shape index (κ1) is 17.2. The summed E-state index contributed by atoms with van der Waals surface area (Å²) in [6.45, 7) is 8.91. The van der Waals surface area contributed by atoms with Crippen LogP contribution >= 0.6 is 0 Å². The maximum Gasteiger partial charge on any atom is 0.0669 e. The van der Waals surface area contributed by atoms with Gasteiger partial charge in [-0.2, -0.15) is 0 Å². The van der Waals surface area contributed by atoms with Crippen molar-refractivity contribution < 1.29 is 5.11 Å². The minimum Gasteiger partial charge on any atom is -0.392 e. The number of β-amino-alcohol motifs (C(OH)–C–C–N with tert-alkyl or cyclic N) is 1. The van der Waals surface area contributed by atoms with E-state index in [1.807, 2.05) is 0 Å². The van der Waals surface area contributed by atoms with Crippen molar-refractivity contribution in [3.8, 4) is 0 Å². The Morgan fingerprint density at radius 1 is 1.19 bits per heavy atom. The SMILES string of the molecule is CCCNC1CCN(CC(O)CC2CCCC2)CC1CC. The molecule has 0 aromatic carbocycles. The number of likely N-dealkylation sites (tertiary alicyclic amines) is 1. The van der Waals surface area contributed by atoms with Crippen LogP contribution in [0.5, 0.6) is 0 Å². The molecule has 3 heteroatoms. The van der Waals surface area contributed by atoms with E-state index in [4.69, 9.17) is 0 Å². The van der Waals surface area contributed by atoms with E-state index < -0.39 is 0 Å². The summed E-state index contributed by atoms with van der Waals surface area (Å²) in [7, 11) is 0. The minimum atomic E-state index is -0.106. The van der Waals surface area contributed by atoms with Crippen molar-refractivity contribution in [2.45, 2.75) is 77.4 Å². The van der Waals surface area contributed by atoms with Crippen LogP contribution in [0.4, 0.5) is 0 Å². The molecule has 1 heterocycles. The number of rotatable bonds is 8. The minimum absolute atomic E-state index is 0.106. The van der Waals surface area contributed by atoms with Crippen LogP contribution in [0.1, 0.15) is 65.2 Å². The highest BCUT2D eigenvalue weighted by molar-refractivity contribution is 4.85. The lowest BCUT2D eigenvalue weighted by Gasteiger charge is -2.39. The molecule has 124 valence electrons. The van der Waals surface area contributed by atoms with Gasteiger partial charge in [0.15, 0.2) is 0 Å². The quantitative estimate of drug-likeness (QED) is 0.723. The highest BCUT2D eigenvalue weighted by atomic mass is 16.3. The van der Waals surface area contributed by atoms with Gasteiger partial charge in [-0.25, -0.2) is 0 Å². The monoisotopic (exact) mass is 296 g/mol. The van der Waals surface area contributed by atoms with Crippen molar-refractivity contribution in [1.82, 2.24) is 10.2 Å². The fraction of sp³-hybridized carbons (Fsp3) is 1.00. The molecule has 1 saturated heterocycles. The zero-order valence-electron chi connectivity index (χ0n) is 14.2. The third-order valence-electron chi connectivity index (χ3n) is 5.55. The number of nitrogens with one attached hydrogen (secondary N) is 1. The molecule has 0 aromatic heterocycles. The second-order valence-electron chi connectivity index (χ2n) is 7.32. The van der Waals surface area contributed by atoms with Crippen molar-refractivity contribution in [3.05, 3.63) is 0 Å². The summed E-state index contributed by atoms with van der Waals surface area (Å²) in [5.41, 5.74) is 0. The van der Waals surface area contributed by atoms with Gasteiger partial charge in [0.1, 0.15) is 0 Å². The Morgan fingerprint density at radius 2 is 1.95 bits per heavy atom. The molecular formula is C18H36N2O. The normalized spacial score (nSPS) is 29.9. The van der Waals surface area contributed by atoms with Crippen LogP contribution < -0.4 is 5.32 Å². The first-order chi connectivity index (χ1) is 10.2. The molecule has 3 unspecified atom stereocenters. The van der Waals surface area contributed by atoms with Gasteiger partial charge in [-0.15, -0.1) is 0 Å². The molecule has 0 bridgehead atoms. The van der Waals surface area contributed by atoms with Crippen LogP contribution in [-0.4, -0.2) is 48.3 Å². The Morgan fingerprint density at radius 3 is 2.62 bits per heavy atom. The van der Waals surface area contributed by atoms with Gasteiger partial charge in [0.05, 0.1) is 6.10 Å². The number of hydrogen-bond acceptors (Lipinski definition) is 3. The summed E-state index contributed by atoms with van der Waals surface area (Å²) in [4.78, 5) is 2.51. The van der Waals surface area contributed by atoms with E-state index in [9.17, 15) is 5.11 Å². The molecule has 3 nitrogen and oxygen atoms in total. The van der Waals surface area contributed by atoms with Crippen LogP contribution in [0.15, 0.2) is 0 Å². The number of hydrogen-bond donors (Lipinski definition) is 2. The maximum absolute atomic E-state index is 10.4. The van der Waals surface area contributed by atoms with Crippen LogP contribution in [0.25, 0.3) is 0 Å². The third-order valence-corrected chi connectivity index (χ3v) is 5.55. The number of nitrogens with zero attached hydrogens (tertiary/aromatic N) is 1. The van der Waals surface area contributed by atoms with Gasteiger partial charge < -0.3 is 15.3 Å². The topological polar surface area (TPSA) is 35.5 Å². The zero-order valence-corrected chi connectivity index (χ0v) is 14.2. The third kappa shape index (κ3) is 5.54. The van der Waals surface area contributed by atoms with Gasteiger partial charge >= 0.3 is 0 Å². The summed E-state index contributed by atoms with van der Waals surface area (Å²) in [5.74, 6) is 1.55. The maximum atomic E-state index is 10.4. The molecule has 2 aliphatic rings. The van der Waals surface area contributed by atoms with Crippen molar-refractivity contribution >= 4 is 0 Å². The van der Waals surface area contributed by atoms with Gasteiger partial charge in [-0.1, -0.05) is 46.0 Å². The van der Waals surface area contributed by atoms with Crippen LogP contribution in [0, 0.1) is 11.8 Å². The fourth-order valence-corrected chi connectivity index (χ4v) is 4.29. The molecule has 2 fully saturated rings. The molecule has 0 amide bonds. The highest BCUT2D eigenvalue weighted by Crippen LogP contribution is 2.29. The first-order valence-corrected chi connectivity index (χ1v) is 9.36. The van der Waals surface area contributed by atoms with Crippen molar-refractivity contribution in [3.63, 3.8) is 0 Å². The molecule has 1 aliphatic carbocycles. The average molecular weight is 296 g/mol. The zero-order chi connectivity index (χ0) is 15.1. The molecule has 1 aliphatic heterocycles. The van der Waals surface area contributed by atoms with E-state index in [-0.39, 0.29) is 6.10 Å². The molecule has 3 atom stereocenters. The molecule has 21 heavy (non-hydrogen) atoms. The Kier molecular flexibility index (Phi) is 7.48. The molecule has 0 radical (unpaired) electrons. The summed E-state index contributed by atoms with van der Waals surface area (Å²) in [5, 5.41) is 14.1. The number of aliphatic hydroxyl groups excluding tert-OH is 1. The summed E-state index contributed by atoms with van der Waals surface area (Å²) >= 11 is 0. The Bertz CT molecular complexity index is 278. The van der Waals surface area contributed by atoms with Crippen molar-refractivity contribution in [2.75, 3.05) is 26.2 Å². The summed E-state index contributed by atoms with van der Waals surface area (Å²) in [6, 6.07) is 0.693. The van der Waals surface area contributed by atoms with Gasteiger partial charge in [0.25, 0.3) is 0 Å². The van der Waals surface area contributed by atoms with E-state index in [2.05, 4.69) is 24.1 Å². The summed E-state index contributed by atoms with van der Waals surface area (Å²) in [6.07, 6.45) is 10.1. The smallest absolute Gasteiger partial charge is 0.0669 e. The van der Waals surface area contributed by atoms with Gasteiger partial charge in [0, 0.05) is 19.1 Å². The molecule has 2 rings (SSSR count). The van der Waals surface area contributed by atoms with E-state index in [1.54, 1.807) is 0 Å². The lowest BCUT2D eigenvalue weighted by atomic mass is 9.89. The number of piperidine rings is 1. The molecule has 2 N–H and O–H groups in total. The second kappa shape index (κ2) is 9.12. The standard InChI is InChI=1S/C18H36N2O/c1-3-10-19-18-9-11-20(13-16(18)4-2)14-17(21)12-15-7-5-6-8-15/h15-19,21H,3-14H2,1-2H3. The molecule has 1 saturated carbocycles. The van der Waals surface area contributed by atoms with E-state index in [0.717, 1.165) is 37.9 Å². The second-order valence-corrected chi connectivity index (χ2v) is 7.32. The molecule has 0 spiro atoms. The lowest BCUT2D eigenvalue weighted by molar-refractivity contribution is 0.0579. The first-order valence-electron chi connectivity index (χ1n) is 9.36. The van der Waals surface area contributed by atoms with Crippen LogP contribution in [0.2, 0.25) is 0 Å². The van der Waals surface area contributed by atoms with Crippen molar-refractivity contribution in [1.29, 1.82) is 0 Å². The Hall–Kier alpha value is -0.120. The van der Waals surface area contributed by atoms with E-state index >= 15 is 0 Å². The predicted octanol–water partition coefficient (Wildman–Crippen LogP) is 3.03. The average Bonchev–Trinajstić information content (AvgIpc) is 2.98. The fourth-order valence-electron chi connectivity index (χ4n) is 4.29. The lowest BCUT2D eigenvalue weighted by Crippen LogP contribution is -2.51. The van der Waals surface area contributed by atoms with Gasteiger partial charge in [-0.3, -0.25) is 0 Å². The predicted molar refractivity (Wildman–Crippen MR) is 89.5 cm³/mol. The molecular weight excluding hydrogens is 260 g/mol. The summed E-state index contributed by atoms with van der Waals surface area (Å²) < 4.78 is 0. The Balaban J connectivity index is 1.71. The van der Waals surface area contributed by atoms with Crippen LogP contribution in [0.3, 0.4) is 0 Å². The van der Waals surface area contributed by atoms with E-state index in [1.165, 1.54) is 51.5 Å². The highest BCUT2D eigenvalue weighted by Gasteiger charge is 2.29. The Labute approximate surface area is 131 Å². The van der Waals surface area contributed by atoms with Gasteiger partial charge in [-0.05, 0) is 44.2 Å². The van der Waals surface area contributed by atoms with Gasteiger partial charge in [0.2, 0.25) is 0 Å². The number of aliphatic hydroxyl groups is 1. The van der Waals surface area contributed by atoms with Crippen molar-refractivity contribution in [2.24, 2.45) is 11.8 Å². The largest absolute Gasteiger partial charge is 0.392 e. The van der Waals surface area contributed by atoms with Crippen LogP contribution in [-0.2, 0) is 0 Å². The van der Waals surface area contributed by atoms with E-state index in [0.29, 0.717) is 6.04 Å². The molecule has 0 aromatic rings.